The van der Waals surface area contributed by atoms with Crippen molar-refractivity contribution in [2.45, 2.75) is 6.54 Å². The van der Waals surface area contributed by atoms with Crippen LogP contribution < -0.4 is 4.90 Å². The van der Waals surface area contributed by atoms with Crippen LogP contribution in [0.1, 0.15) is 16.1 Å². The van der Waals surface area contributed by atoms with Gasteiger partial charge in [0.15, 0.2) is 0 Å². The van der Waals surface area contributed by atoms with Crippen LogP contribution in [0.15, 0.2) is 42.6 Å². The van der Waals surface area contributed by atoms with Crippen molar-refractivity contribution < 1.29 is 9.59 Å². The standard InChI is InChI=1S/C14H9ClN2O2/c15-9-4-5-11-12(7-9)17(14(19)13(11)18)8-10-3-1-2-6-16-10/h1-7H,8H2. The molecule has 2 heterocycles. The summed E-state index contributed by atoms with van der Waals surface area (Å²) in [4.78, 5) is 29.4. The van der Waals surface area contributed by atoms with Crippen molar-refractivity contribution in [3.05, 3.63) is 58.9 Å². The molecule has 1 aliphatic heterocycles. The molecular formula is C14H9ClN2O2. The lowest BCUT2D eigenvalue weighted by molar-refractivity contribution is -0.114. The minimum atomic E-state index is -0.539. The molecule has 3 rings (SSSR count). The Balaban J connectivity index is 2.01. The average Bonchev–Trinajstić information content (AvgIpc) is 2.65. The molecule has 0 aliphatic carbocycles. The number of amides is 1. The van der Waals surface area contributed by atoms with E-state index >= 15 is 0 Å². The third-order valence-corrected chi connectivity index (χ3v) is 3.22. The van der Waals surface area contributed by atoms with Gasteiger partial charge in [0.1, 0.15) is 0 Å². The fourth-order valence-electron chi connectivity index (χ4n) is 2.08. The lowest BCUT2D eigenvalue weighted by Gasteiger charge is -2.15. The number of aromatic nitrogens is 1. The molecule has 0 bridgehead atoms. The zero-order valence-electron chi connectivity index (χ0n) is 9.84. The van der Waals surface area contributed by atoms with Gasteiger partial charge in [-0.05, 0) is 30.3 Å². The molecule has 0 fully saturated rings. The largest absolute Gasteiger partial charge is 0.299 e. The number of fused-ring (bicyclic) bond motifs is 1. The molecule has 0 saturated heterocycles. The predicted octanol–water partition coefficient (Wildman–Crippen LogP) is 2.46. The van der Waals surface area contributed by atoms with Gasteiger partial charge in [-0.3, -0.25) is 19.5 Å². The number of ketones is 1. The first-order chi connectivity index (χ1) is 9.16. The van der Waals surface area contributed by atoms with E-state index in [0.29, 0.717) is 16.3 Å². The van der Waals surface area contributed by atoms with E-state index in [1.165, 1.54) is 4.90 Å². The number of nitrogens with zero attached hydrogens (tertiary/aromatic N) is 2. The summed E-state index contributed by atoms with van der Waals surface area (Å²) in [6.07, 6.45) is 1.65. The van der Waals surface area contributed by atoms with Crippen LogP contribution in [0.5, 0.6) is 0 Å². The van der Waals surface area contributed by atoms with E-state index in [4.69, 9.17) is 11.6 Å². The van der Waals surface area contributed by atoms with E-state index < -0.39 is 11.7 Å². The highest BCUT2D eigenvalue weighted by molar-refractivity contribution is 6.52. The fourth-order valence-corrected chi connectivity index (χ4v) is 2.24. The minimum absolute atomic E-state index is 0.263. The molecular weight excluding hydrogens is 264 g/mol. The second-order valence-corrected chi connectivity index (χ2v) is 4.64. The van der Waals surface area contributed by atoms with Gasteiger partial charge in [0.25, 0.3) is 11.7 Å². The lowest BCUT2D eigenvalue weighted by atomic mass is 10.1. The highest BCUT2D eigenvalue weighted by Crippen LogP contribution is 2.32. The summed E-state index contributed by atoms with van der Waals surface area (Å²) in [6, 6.07) is 10.3. The van der Waals surface area contributed by atoms with E-state index in [1.54, 1.807) is 36.5 Å². The molecule has 0 atom stereocenters. The number of carbonyl (C=O) groups is 2. The van der Waals surface area contributed by atoms with E-state index in [9.17, 15) is 9.59 Å². The third-order valence-electron chi connectivity index (χ3n) is 2.98. The summed E-state index contributed by atoms with van der Waals surface area (Å²) in [5, 5.41) is 0.493. The molecule has 0 radical (unpaired) electrons. The number of hydrogen-bond donors (Lipinski definition) is 0. The molecule has 0 saturated carbocycles. The number of pyridine rings is 1. The Bertz CT molecular complexity index is 670. The first-order valence-corrected chi connectivity index (χ1v) is 6.10. The molecule has 5 heteroatoms. The van der Waals surface area contributed by atoms with Gasteiger partial charge in [-0.1, -0.05) is 17.7 Å². The number of rotatable bonds is 2. The molecule has 1 aromatic heterocycles. The first kappa shape index (κ1) is 11.9. The van der Waals surface area contributed by atoms with Crippen LogP contribution in [-0.4, -0.2) is 16.7 Å². The topological polar surface area (TPSA) is 50.3 Å². The molecule has 4 nitrogen and oxygen atoms in total. The molecule has 2 aromatic rings. The van der Waals surface area contributed by atoms with Gasteiger partial charge in [0.2, 0.25) is 0 Å². The van der Waals surface area contributed by atoms with E-state index in [1.807, 2.05) is 6.07 Å². The number of hydrogen-bond acceptors (Lipinski definition) is 3. The van der Waals surface area contributed by atoms with Crippen LogP contribution in [0, 0.1) is 0 Å². The second kappa shape index (κ2) is 4.48. The Morgan fingerprint density at radius 1 is 1.16 bits per heavy atom. The normalized spacial score (nSPS) is 13.8. The SMILES string of the molecule is O=C1C(=O)N(Cc2ccccn2)c2cc(Cl)ccc21. The lowest BCUT2D eigenvalue weighted by Crippen LogP contribution is -2.29. The van der Waals surface area contributed by atoms with Gasteiger partial charge >= 0.3 is 0 Å². The number of Topliss-reactive ketones (excluding diaryl/α,β-unsaturated/α-hetero) is 1. The van der Waals surface area contributed by atoms with Crippen molar-refractivity contribution in [3.8, 4) is 0 Å². The summed E-state index contributed by atoms with van der Waals surface area (Å²) >= 11 is 5.92. The van der Waals surface area contributed by atoms with E-state index in [0.717, 1.165) is 5.69 Å². The van der Waals surface area contributed by atoms with Crippen molar-refractivity contribution in [2.75, 3.05) is 4.90 Å². The summed E-state index contributed by atoms with van der Waals surface area (Å²) in [5.41, 5.74) is 1.66. The van der Waals surface area contributed by atoms with Crippen molar-refractivity contribution in [2.24, 2.45) is 0 Å². The summed E-state index contributed by atoms with van der Waals surface area (Å²) in [6.45, 7) is 0.263. The van der Waals surface area contributed by atoms with Crippen molar-refractivity contribution in [3.63, 3.8) is 0 Å². The quantitative estimate of drug-likeness (QED) is 0.789. The number of halogens is 1. The van der Waals surface area contributed by atoms with Crippen molar-refractivity contribution in [1.29, 1.82) is 0 Å². The number of anilines is 1. The summed E-state index contributed by atoms with van der Waals surface area (Å²) < 4.78 is 0. The van der Waals surface area contributed by atoms with Crippen LogP contribution in [0.2, 0.25) is 5.02 Å². The Morgan fingerprint density at radius 3 is 2.74 bits per heavy atom. The van der Waals surface area contributed by atoms with Crippen LogP contribution in [0.4, 0.5) is 5.69 Å². The molecule has 0 spiro atoms. The minimum Gasteiger partial charge on any atom is -0.299 e. The maximum Gasteiger partial charge on any atom is 0.299 e. The smallest absolute Gasteiger partial charge is 0.299 e. The maximum atomic E-state index is 12.0. The van der Waals surface area contributed by atoms with Crippen LogP contribution >= 0.6 is 11.6 Å². The van der Waals surface area contributed by atoms with Gasteiger partial charge in [0.05, 0.1) is 23.5 Å². The highest BCUT2D eigenvalue weighted by atomic mass is 35.5. The third kappa shape index (κ3) is 2.00. The van der Waals surface area contributed by atoms with E-state index in [2.05, 4.69) is 4.98 Å². The maximum absolute atomic E-state index is 12.0. The first-order valence-electron chi connectivity index (χ1n) is 5.72. The zero-order valence-corrected chi connectivity index (χ0v) is 10.6. The van der Waals surface area contributed by atoms with Crippen LogP contribution in [0.25, 0.3) is 0 Å². The molecule has 19 heavy (non-hydrogen) atoms. The monoisotopic (exact) mass is 272 g/mol. The highest BCUT2D eigenvalue weighted by Gasteiger charge is 2.35. The second-order valence-electron chi connectivity index (χ2n) is 4.20. The van der Waals surface area contributed by atoms with Gasteiger partial charge in [-0.15, -0.1) is 0 Å². The van der Waals surface area contributed by atoms with Gasteiger partial charge in [-0.25, -0.2) is 0 Å². The molecule has 94 valence electrons. The van der Waals surface area contributed by atoms with Crippen molar-refractivity contribution >= 4 is 29.0 Å². The number of carbonyl (C=O) groups excluding carboxylic acids is 2. The Labute approximate surface area is 114 Å². The molecule has 1 amide bonds. The van der Waals surface area contributed by atoms with Crippen molar-refractivity contribution in [1.82, 2.24) is 4.98 Å². The Morgan fingerprint density at radius 2 is 2.00 bits per heavy atom. The summed E-state index contributed by atoms with van der Waals surface area (Å²) in [5.74, 6) is -1.04. The molecule has 0 unspecified atom stereocenters. The van der Waals surface area contributed by atoms with Crippen LogP contribution in [0.3, 0.4) is 0 Å². The Kier molecular flexibility index (Phi) is 2.80. The van der Waals surface area contributed by atoms with Crippen LogP contribution in [-0.2, 0) is 11.3 Å². The summed E-state index contributed by atoms with van der Waals surface area (Å²) in [7, 11) is 0. The van der Waals surface area contributed by atoms with Gasteiger partial charge in [-0.2, -0.15) is 0 Å². The van der Waals surface area contributed by atoms with Gasteiger partial charge in [0, 0.05) is 11.2 Å². The van der Waals surface area contributed by atoms with Gasteiger partial charge < -0.3 is 0 Å². The average molecular weight is 273 g/mol. The molecule has 0 N–H and O–H groups in total. The number of benzene rings is 1. The molecule has 1 aliphatic rings. The zero-order chi connectivity index (χ0) is 13.4. The predicted molar refractivity (Wildman–Crippen MR) is 71.2 cm³/mol. The van der Waals surface area contributed by atoms with E-state index in [-0.39, 0.29) is 6.54 Å². The Hall–Kier alpha value is -2.20. The molecule has 1 aromatic carbocycles. The fraction of sp³-hybridized carbons (Fsp3) is 0.0714.